The molecule has 1 amide bonds. The zero-order valence-electron chi connectivity index (χ0n) is 9.37. The van der Waals surface area contributed by atoms with E-state index in [2.05, 4.69) is 5.32 Å². The van der Waals surface area contributed by atoms with Gasteiger partial charge in [-0.05, 0) is 37.5 Å². The molecule has 0 saturated heterocycles. The molecule has 0 spiro atoms. The summed E-state index contributed by atoms with van der Waals surface area (Å²) in [4.78, 5) is 12.0. The molecule has 0 aromatic heterocycles. The van der Waals surface area contributed by atoms with Gasteiger partial charge in [-0.25, -0.2) is 0 Å². The second-order valence-electron chi connectivity index (χ2n) is 5.63. The van der Waals surface area contributed by atoms with E-state index in [4.69, 9.17) is 0 Å². The highest BCUT2D eigenvalue weighted by atomic mass is 16.2. The Morgan fingerprint density at radius 2 is 1.40 bits per heavy atom. The molecule has 84 valence electrons. The molecule has 0 aromatic carbocycles. The lowest BCUT2D eigenvalue weighted by Gasteiger charge is -2.11. The fraction of sp³-hybridized carbons (Fsp3) is 0.923. The van der Waals surface area contributed by atoms with Crippen LogP contribution in [0.25, 0.3) is 0 Å². The number of hydrogen-bond acceptors (Lipinski definition) is 1. The smallest absolute Gasteiger partial charge is 0.223 e. The second-order valence-corrected chi connectivity index (χ2v) is 5.63. The summed E-state index contributed by atoms with van der Waals surface area (Å²) in [5.41, 5.74) is 0. The summed E-state index contributed by atoms with van der Waals surface area (Å²) in [5.74, 6) is 2.33. The lowest BCUT2D eigenvalue weighted by Crippen LogP contribution is -2.34. The molecule has 2 unspecified atom stereocenters. The van der Waals surface area contributed by atoms with Gasteiger partial charge in [0.2, 0.25) is 5.91 Å². The van der Waals surface area contributed by atoms with E-state index in [9.17, 15) is 4.79 Å². The Kier molecular flexibility index (Phi) is 2.45. The lowest BCUT2D eigenvalue weighted by atomic mass is 10.0. The molecule has 3 rings (SSSR count). The Labute approximate surface area is 91.8 Å². The normalized spacial score (nSPS) is 39.9. The van der Waals surface area contributed by atoms with Crippen LogP contribution in [0.15, 0.2) is 0 Å². The van der Waals surface area contributed by atoms with Crippen LogP contribution in [0.3, 0.4) is 0 Å². The maximum atomic E-state index is 12.0. The summed E-state index contributed by atoms with van der Waals surface area (Å²) < 4.78 is 0. The van der Waals surface area contributed by atoms with Crippen molar-refractivity contribution in [3.63, 3.8) is 0 Å². The van der Waals surface area contributed by atoms with Gasteiger partial charge in [0.15, 0.2) is 0 Å². The third-order valence-corrected chi connectivity index (χ3v) is 4.66. The topological polar surface area (TPSA) is 29.1 Å². The summed E-state index contributed by atoms with van der Waals surface area (Å²) in [6.07, 6.45) is 10.4. The molecule has 2 atom stereocenters. The zero-order chi connectivity index (χ0) is 10.3. The van der Waals surface area contributed by atoms with Crippen LogP contribution in [0.5, 0.6) is 0 Å². The highest BCUT2D eigenvalue weighted by Gasteiger charge is 2.54. The largest absolute Gasteiger partial charge is 0.353 e. The fourth-order valence-electron chi connectivity index (χ4n) is 3.75. The Bertz CT molecular complexity index is 245. The predicted octanol–water partition coefficient (Wildman–Crippen LogP) is 2.48. The van der Waals surface area contributed by atoms with Gasteiger partial charge < -0.3 is 5.32 Å². The van der Waals surface area contributed by atoms with E-state index in [1.54, 1.807) is 0 Å². The summed E-state index contributed by atoms with van der Waals surface area (Å²) in [6.45, 7) is 0. The van der Waals surface area contributed by atoms with Gasteiger partial charge in [0, 0.05) is 12.0 Å². The number of carbonyl (C=O) groups excluding carboxylic acids is 1. The van der Waals surface area contributed by atoms with Crippen molar-refractivity contribution in [1.82, 2.24) is 5.32 Å². The number of carbonyl (C=O) groups is 1. The second kappa shape index (κ2) is 3.80. The number of rotatable bonds is 2. The third kappa shape index (κ3) is 1.79. The standard InChI is InChI=1S/C13H21NO/c15-13(14-9-5-1-2-6-9)12-10-7-3-4-8-11(10)12/h9-12H,1-8H2,(H,14,15). The Morgan fingerprint density at radius 1 is 0.867 bits per heavy atom. The van der Waals surface area contributed by atoms with Gasteiger partial charge in [0.1, 0.15) is 0 Å². The Balaban J connectivity index is 1.52. The molecule has 15 heavy (non-hydrogen) atoms. The summed E-state index contributed by atoms with van der Waals surface area (Å²) in [5, 5.41) is 3.26. The first-order chi connectivity index (χ1) is 7.36. The van der Waals surface area contributed by atoms with Gasteiger partial charge in [-0.15, -0.1) is 0 Å². The van der Waals surface area contributed by atoms with Crippen molar-refractivity contribution in [2.24, 2.45) is 17.8 Å². The zero-order valence-corrected chi connectivity index (χ0v) is 9.37. The number of nitrogens with one attached hydrogen (secondary N) is 1. The number of amides is 1. The van der Waals surface area contributed by atoms with Gasteiger partial charge in [-0.3, -0.25) is 4.79 Å². The van der Waals surface area contributed by atoms with Crippen LogP contribution >= 0.6 is 0 Å². The van der Waals surface area contributed by atoms with E-state index in [0.717, 1.165) is 11.8 Å². The van der Waals surface area contributed by atoms with Crippen molar-refractivity contribution in [3.8, 4) is 0 Å². The minimum absolute atomic E-state index is 0.388. The number of hydrogen-bond donors (Lipinski definition) is 1. The van der Waals surface area contributed by atoms with Crippen LogP contribution < -0.4 is 5.32 Å². The van der Waals surface area contributed by atoms with Crippen molar-refractivity contribution in [3.05, 3.63) is 0 Å². The molecule has 2 heteroatoms. The SMILES string of the molecule is O=C(NC1CCCC1)C1C2CCCCC21. The van der Waals surface area contributed by atoms with Gasteiger partial charge in [0.25, 0.3) is 0 Å². The van der Waals surface area contributed by atoms with Crippen molar-refractivity contribution >= 4 is 5.91 Å². The maximum Gasteiger partial charge on any atom is 0.223 e. The molecule has 3 aliphatic carbocycles. The van der Waals surface area contributed by atoms with E-state index in [-0.39, 0.29) is 0 Å². The summed E-state index contributed by atoms with van der Waals surface area (Å²) >= 11 is 0. The van der Waals surface area contributed by atoms with Crippen molar-refractivity contribution in [2.45, 2.75) is 57.4 Å². The molecule has 3 aliphatic rings. The predicted molar refractivity (Wildman–Crippen MR) is 59.3 cm³/mol. The highest BCUT2D eigenvalue weighted by Crippen LogP contribution is 2.55. The lowest BCUT2D eigenvalue weighted by molar-refractivity contribution is -0.123. The number of fused-ring (bicyclic) bond motifs is 1. The molecule has 2 nitrogen and oxygen atoms in total. The first-order valence-electron chi connectivity index (χ1n) is 6.66. The quantitative estimate of drug-likeness (QED) is 0.740. The molecule has 3 fully saturated rings. The Hall–Kier alpha value is -0.530. The molecule has 0 aliphatic heterocycles. The molecule has 1 N–H and O–H groups in total. The van der Waals surface area contributed by atoms with Gasteiger partial charge in [-0.1, -0.05) is 25.7 Å². The fourth-order valence-corrected chi connectivity index (χ4v) is 3.75. The molecular weight excluding hydrogens is 186 g/mol. The minimum atomic E-state index is 0.388. The van der Waals surface area contributed by atoms with Crippen LogP contribution in [-0.2, 0) is 4.79 Å². The third-order valence-electron chi connectivity index (χ3n) is 4.66. The van der Waals surface area contributed by atoms with Crippen molar-refractivity contribution < 1.29 is 4.79 Å². The van der Waals surface area contributed by atoms with E-state index in [1.165, 1.54) is 51.4 Å². The van der Waals surface area contributed by atoms with Crippen molar-refractivity contribution in [1.29, 1.82) is 0 Å². The van der Waals surface area contributed by atoms with Crippen molar-refractivity contribution in [2.75, 3.05) is 0 Å². The van der Waals surface area contributed by atoms with Crippen LogP contribution in [0.2, 0.25) is 0 Å². The van der Waals surface area contributed by atoms with Gasteiger partial charge in [0.05, 0.1) is 0 Å². The van der Waals surface area contributed by atoms with Crippen LogP contribution in [0.4, 0.5) is 0 Å². The van der Waals surface area contributed by atoms with E-state index < -0.39 is 0 Å². The summed E-state index contributed by atoms with van der Waals surface area (Å²) in [7, 11) is 0. The molecule has 0 heterocycles. The van der Waals surface area contributed by atoms with E-state index in [0.29, 0.717) is 17.9 Å². The molecule has 0 radical (unpaired) electrons. The average molecular weight is 207 g/mol. The van der Waals surface area contributed by atoms with Crippen LogP contribution in [-0.4, -0.2) is 11.9 Å². The van der Waals surface area contributed by atoms with Crippen LogP contribution in [0, 0.1) is 17.8 Å². The molecule has 0 bridgehead atoms. The Morgan fingerprint density at radius 3 is 2.00 bits per heavy atom. The van der Waals surface area contributed by atoms with Gasteiger partial charge >= 0.3 is 0 Å². The highest BCUT2D eigenvalue weighted by molar-refractivity contribution is 5.82. The van der Waals surface area contributed by atoms with Gasteiger partial charge in [-0.2, -0.15) is 0 Å². The molecular formula is C13H21NO. The van der Waals surface area contributed by atoms with Crippen LogP contribution in [0.1, 0.15) is 51.4 Å². The summed E-state index contributed by atoms with van der Waals surface area (Å²) in [6, 6.07) is 0.514. The van der Waals surface area contributed by atoms with E-state index >= 15 is 0 Å². The molecule has 0 aromatic rings. The molecule has 3 saturated carbocycles. The first kappa shape index (κ1) is 9.68. The monoisotopic (exact) mass is 207 g/mol. The first-order valence-corrected chi connectivity index (χ1v) is 6.66. The maximum absolute atomic E-state index is 12.0. The average Bonchev–Trinajstić information content (AvgIpc) is 2.77. The van der Waals surface area contributed by atoms with E-state index in [1.807, 2.05) is 0 Å². The minimum Gasteiger partial charge on any atom is -0.353 e.